The van der Waals surface area contributed by atoms with Gasteiger partial charge in [0.1, 0.15) is 12.4 Å². The van der Waals surface area contributed by atoms with Gasteiger partial charge < -0.3 is 14.6 Å². The summed E-state index contributed by atoms with van der Waals surface area (Å²) >= 11 is 7.59. The fourth-order valence-corrected chi connectivity index (χ4v) is 4.24. The van der Waals surface area contributed by atoms with Crippen molar-refractivity contribution in [1.29, 1.82) is 0 Å². The van der Waals surface area contributed by atoms with Gasteiger partial charge in [0.15, 0.2) is 11.0 Å². The summed E-state index contributed by atoms with van der Waals surface area (Å²) in [6, 6.07) is 9.78. The first kappa shape index (κ1) is 23.2. The van der Waals surface area contributed by atoms with E-state index < -0.39 is 0 Å². The molecule has 1 aromatic heterocycles. The van der Waals surface area contributed by atoms with Gasteiger partial charge in [-0.1, -0.05) is 41.6 Å². The van der Waals surface area contributed by atoms with Gasteiger partial charge in [-0.05, 0) is 69.0 Å². The van der Waals surface area contributed by atoms with Gasteiger partial charge in [-0.3, -0.25) is 4.79 Å². The molecule has 0 aliphatic carbocycles. The SMILES string of the molecule is CCn1c(COc2cc(C)c(Cl)c(C)c2)nnc1SCC(=O)Nc1c(C)cccc1C. The Labute approximate surface area is 192 Å². The predicted molar refractivity (Wildman–Crippen MR) is 126 cm³/mol. The Morgan fingerprint density at radius 2 is 1.74 bits per heavy atom. The molecule has 31 heavy (non-hydrogen) atoms. The van der Waals surface area contributed by atoms with Gasteiger partial charge in [-0.15, -0.1) is 10.2 Å². The monoisotopic (exact) mass is 458 g/mol. The summed E-state index contributed by atoms with van der Waals surface area (Å²) in [6.45, 7) is 10.9. The van der Waals surface area contributed by atoms with Crippen molar-refractivity contribution in [1.82, 2.24) is 14.8 Å². The summed E-state index contributed by atoms with van der Waals surface area (Å²) in [4.78, 5) is 12.5. The number of thioether (sulfide) groups is 1. The number of benzene rings is 2. The average Bonchev–Trinajstić information content (AvgIpc) is 3.13. The lowest BCUT2D eigenvalue weighted by atomic mass is 10.1. The normalized spacial score (nSPS) is 10.9. The van der Waals surface area contributed by atoms with Gasteiger partial charge in [-0.2, -0.15) is 0 Å². The molecule has 164 valence electrons. The Bertz CT molecular complexity index is 1050. The molecule has 0 radical (unpaired) electrons. The zero-order chi connectivity index (χ0) is 22.5. The van der Waals surface area contributed by atoms with Crippen LogP contribution in [0, 0.1) is 27.7 Å². The zero-order valence-corrected chi connectivity index (χ0v) is 20.0. The Balaban J connectivity index is 1.63. The zero-order valence-electron chi connectivity index (χ0n) is 18.5. The van der Waals surface area contributed by atoms with Crippen molar-refractivity contribution >= 4 is 35.0 Å². The lowest BCUT2D eigenvalue weighted by Crippen LogP contribution is -2.16. The molecule has 3 aromatic rings. The highest BCUT2D eigenvalue weighted by Gasteiger charge is 2.15. The van der Waals surface area contributed by atoms with Crippen LogP contribution in [0.25, 0.3) is 0 Å². The number of halogens is 1. The van der Waals surface area contributed by atoms with Crippen LogP contribution in [0.2, 0.25) is 5.02 Å². The molecule has 0 fully saturated rings. The highest BCUT2D eigenvalue weighted by molar-refractivity contribution is 7.99. The van der Waals surface area contributed by atoms with Crippen LogP contribution in [0.5, 0.6) is 5.75 Å². The van der Waals surface area contributed by atoms with Gasteiger partial charge >= 0.3 is 0 Å². The summed E-state index contributed by atoms with van der Waals surface area (Å²) in [5, 5.41) is 13.0. The summed E-state index contributed by atoms with van der Waals surface area (Å²) in [5.74, 6) is 1.64. The number of aromatic nitrogens is 3. The molecule has 6 nitrogen and oxygen atoms in total. The number of anilines is 1. The largest absolute Gasteiger partial charge is 0.486 e. The number of hydrogen-bond donors (Lipinski definition) is 1. The molecule has 3 rings (SSSR count). The van der Waals surface area contributed by atoms with E-state index in [1.165, 1.54) is 11.8 Å². The maximum atomic E-state index is 12.5. The number of aryl methyl sites for hydroxylation is 4. The number of rotatable bonds is 8. The second-order valence-electron chi connectivity index (χ2n) is 7.41. The molecule has 1 amide bonds. The Kier molecular flexibility index (Phi) is 7.62. The standard InChI is InChI=1S/C23H27ClN4O2S/c1-6-28-19(12-30-18-10-16(4)21(24)17(5)11-18)26-27-23(28)31-13-20(29)25-22-14(2)8-7-9-15(22)3/h7-11H,6,12-13H2,1-5H3,(H,25,29). The number of nitrogens with one attached hydrogen (secondary N) is 1. The van der Waals surface area contributed by atoms with Crippen LogP contribution in [0.1, 0.15) is 35.0 Å². The van der Waals surface area contributed by atoms with Gasteiger partial charge in [0, 0.05) is 17.3 Å². The second kappa shape index (κ2) is 10.2. The van der Waals surface area contributed by atoms with Crippen LogP contribution >= 0.6 is 23.4 Å². The van der Waals surface area contributed by atoms with E-state index in [-0.39, 0.29) is 18.3 Å². The van der Waals surface area contributed by atoms with E-state index in [0.29, 0.717) is 17.5 Å². The fourth-order valence-electron chi connectivity index (χ4n) is 3.30. The lowest BCUT2D eigenvalue weighted by molar-refractivity contribution is -0.113. The molecule has 0 atom stereocenters. The lowest BCUT2D eigenvalue weighted by Gasteiger charge is -2.12. The molecule has 2 aromatic carbocycles. The highest BCUT2D eigenvalue weighted by Crippen LogP contribution is 2.27. The third-order valence-corrected chi connectivity index (χ3v) is 6.53. The van der Waals surface area contributed by atoms with Crippen LogP contribution in [0.15, 0.2) is 35.5 Å². The molecule has 0 saturated heterocycles. The maximum absolute atomic E-state index is 12.5. The number of carbonyl (C=O) groups excluding carboxylic acids is 1. The quantitative estimate of drug-likeness (QED) is 0.451. The van der Waals surface area contributed by atoms with Crippen molar-refractivity contribution in [2.75, 3.05) is 11.1 Å². The highest BCUT2D eigenvalue weighted by atomic mass is 35.5. The van der Waals surface area contributed by atoms with Crippen molar-refractivity contribution in [3.8, 4) is 5.75 Å². The van der Waals surface area contributed by atoms with Crippen molar-refractivity contribution in [3.63, 3.8) is 0 Å². The minimum Gasteiger partial charge on any atom is -0.486 e. The van der Waals surface area contributed by atoms with Crippen LogP contribution in [-0.2, 0) is 17.9 Å². The molecule has 0 spiro atoms. The van der Waals surface area contributed by atoms with E-state index in [1.807, 2.05) is 69.5 Å². The summed E-state index contributed by atoms with van der Waals surface area (Å²) in [7, 11) is 0. The molecule has 0 saturated carbocycles. The van der Waals surface area contributed by atoms with Crippen molar-refractivity contribution in [3.05, 3.63) is 63.4 Å². The maximum Gasteiger partial charge on any atom is 0.234 e. The smallest absolute Gasteiger partial charge is 0.234 e. The van der Waals surface area contributed by atoms with E-state index in [0.717, 1.165) is 38.7 Å². The van der Waals surface area contributed by atoms with E-state index in [9.17, 15) is 4.79 Å². The molecule has 0 bridgehead atoms. The number of para-hydroxylation sites is 1. The summed E-state index contributed by atoms with van der Waals surface area (Å²) in [6.07, 6.45) is 0. The topological polar surface area (TPSA) is 69.0 Å². The first-order valence-corrected chi connectivity index (χ1v) is 11.5. The summed E-state index contributed by atoms with van der Waals surface area (Å²) < 4.78 is 7.89. The number of nitrogens with zero attached hydrogens (tertiary/aromatic N) is 3. The first-order valence-electron chi connectivity index (χ1n) is 10.1. The second-order valence-corrected chi connectivity index (χ2v) is 8.73. The van der Waals surface area contributed by atoms with Gasteiger partial charge in [0.05, 0.1) is 5.75 Å². The number of amides is 1. The Morgan fingerprint density at radius 1 is 1.10 bits per heavy atom. The average molecular weight is 459 g/mol. The van der Waals surface area contributed by atoms with Crippen LogP contribution in [0.4, 0.5) is 5.69 Å². The summed E-state index contributed by atoms with van der Waals surface area (Å²) in [5.41, 5.74) is 4.90. The molecular formula is C23H27ClN4O2S. The third-order valence-electron chi connectivity index (χ3n) is 4.97. The number of carbonyl (C=O) groups is 1. The van der Waals surface area contributed by atoms with Crippen molar-refractivity contribution in [2.45, 2.75) is 52.9 Å². The van der Waals surface area contributed by atoms with E-state index in [2.05, 4.69) is 15.5 Å². The van der Waals surface area contributed by atoms with E-state index >= 15 is 0 Å². The molecule has 8 heteroatoms. The van der Waals surface area contributed by atoms with Crippen molar-refractivity contribution < 1.29 is 9.53 Å². The third kappa shape index (κ3) is 5.60. The van der Waals surface area contributed by atoms with Crippen LogP contribution < -0.4 is 10.1 Å². The van der Waals surface area contributed by atoms with Gasteiger partial charge in [0.25, 0.3) is 0 Å². The van der Waals surface area contributed by atoms with E-state index in [4.69, 9.17) is 16.3 Å². The number of ether oxygens (including phenoxy) is 1. The van der Waals surface area contributed by atoms with E-state index in [1.54, 1.807) is 0 Å². The molecule has 0 unspecified atom stereocenters. The van der Waals surface area contributed by atoms with Crippen LogP contribution in [-0.4, -0.2) is 26.4 Å². The predicted octanol–water partition coefficient (Wildman–Crippen LogP) is 5.49. The molecule has 0 aliphatic heterocycles. The first-order chi connectivity index (χ1) is 14.8. The Hall–Kier alpha value is -2.51. The van der Waals surface area contributed by atoms with Crippen molar-refractivity contribution in [2.24, 2.45) is 0 Å². The molecule has 1 N–H and O–H groups in total. The van der Waals surface area contributed by atoms with Gasteiger partial charge in [-0.25, -0.2) is 0 Å². The minimum absolute atomic E-state index is 0.0713. The minimum atomic E-state index is -0.0713. The number of hydrogen-bond acceptors (Lipinski definition) is 5. The Morgan fingerprint density at radius 3 is 2.35 bits per heavy atom. The molecule has 0 aliphatic rings. The van der Waals surface area contributed by atoms with Gasteiger partial charge in [0.2, 0.25) is 5.91 Å². The molecule has 1 heterocycles. The van der Waals surface area contributed by atoms with Crippen LogP contribution in [0.3, 0.4) is 0 Å². The molecular weight excluding hydrogens is 432 g/mol. The fraction of sp³-hybridized carbons (Fsp3) is 0.348.